The molecule has 0 saturated carbocycles. The van der Waals surface area contributed by atoms with E-state index in [0.717, 1.165) is 24.4 Å². The molecule has 1 heterocycles. The number of thioether (sulfide) groups is 1. The monoisotopic (exact) mass is 263 g/mol. The number of anilines is 1. The molecule has 0 spiro atoms. The number of benzene rings is 1. The highest BCUT2D eigenvalue weighted by Crippen LogP contribution is 2.26. The maximum atomic E-state index is 12.6. The highest BCUT2D eigenvalue weighted by molar-refractivity contribution is 7.99. The highest BCUT2D eigenvalue weighted by Gasteiger charge is 2.26. The fourth-order valence-corrected chi connectivity index (χ4v) is 3.55. The van der Waals surface area contributed by atoms with Gasteiger partial charge in [-0.25, -0.2) is 0 Å². The number of rotatable bonds is 3. The third-order valence-corrected chi connectivity index (χ3v) is 4.62. The lowest BCUT2D eigenvalue weighted by atomic mass is 10.0. The van der Waals surface area contributed by atoms with Crippen molar-refractivity contribution < 1.29 is 4.79 Å². The van der Waals surface area contributed by atoms with Crippen molar-refractivity contribution in [2.45, 2.75) is 26.7 Å². The summed E-state index contributed by atoms with van der Waals surface area (Å²) in [5.41, 5.74) is 2.25. The molecule has 1 aromatic rings. The van der Waals surface area contributed by atoms with Crippen LogP contribution in [0.2, 0.25) is 0 Å². The Labute approximate surface area is 114 Å². The van der Waals surface area contributed by atoms with E-state index in [1.54, 1.807) is 0 Å². The van der Waals surface area contributed by atoms with Gasteiger partial charge in [-0.3, -0.25) is 4.79 Å². The summed E-state index contributed by atoms with van der Waals surface area (Å²) < 4.78 is 0. The van der Waals surface area contributed by atoms with Crippen molar-refractivity contribution in [1.29, 1.82) is 0 Å². The Balaban J connectivity index is 2.14. The van der Waals surface area contributed by atoms with Crippen LogP contribution in [0.3, 0.4) is 0 Å². The Morgan fingerprint density at radius 1 is 1.50 bits per heavy atom. The standard InChI is InChI=1S/C15H21NOS/c1-3-16(14-8-4-6-12(2)10-14)15(17)13-7-5-9-18-11-13/h4,6,8,10,13H,3,5,7,9,11H2,1-2H3. The number of carbonyl (C=O) groups is 1. The predicted octanol–water partition coefficient (Wildman–Crippen LogP) is 3.49. The Kier molecular flexibility index (Phi) is 4.70. The molecule has 18 heavy (non-hydrogen) atoms. The first-order chi connectivity index (χ1) is 8.72. The third-order valence-electron chi connectivity index (χ3n) is 3.41. The molecule has 3 heteroatoms. The molecule has 1 aromatic carbocycles. The van der Waals surface area contributed by atoms with Crippen LogP contribution in [0.4, 0.5) is 5.69 Å². The SMILES string of the molecule is CCN(C(=O)C1CCCSC1)c1cccc(C)c1. The van der Waals surface area contributed by atoms with Gasteiger partial charge in [0.15, 0.2) is 0 Å². The Morgan fingerprint density at radius 3 is 2.94 bits per heavy atom. The highest BCUT2D eigenvalue weighted by atomic mass is 32.2. The normalized spacial score (nSPS) is 19.6. The minimum atomic E-state index is 0.212. The molecule has 2 nitrogen and oxygen atoms in total. The lowest BCUT2D eigenvalue weighted by Gasteiger charge is -2.28. The van der Waals surface area contributed by atoms with Gasteiger partial charge < -0.3 is 4.90 Å². The van der Waals surface area contributed by atoms with Crippen LogP contribution in [0.25, 0.3) is 0 Å². The number of carbonyl (C=O) groups excluding carboxylic acids is 1. The molecule has 0 bridgehead atoms. The van der Waals surface area contributed by atoms with Gasteiger partial charge in [-0.1, -0.05) is 12.1 Å². The zero-order valence-corrected chi connectivity index (χ0v) is 12.0. The minimum Gasteiger partial charge on any atom is -0.312 e. The number of aryl methyl sites for hydroxylation is 1. The van der Waals surface area contributed by atoms with Crippen LogP contribution in [0.1, 0.15) is 25.3 Å². The second-order valence-electron chi connectivity index (χ2n) is 4.84. The van der Waals surface area contributed by atoms with Gasteiger partial charge in [0.25, 0.3) is 0 Å². The quantitative estimate of drug-likeness (QED) is 0.832. The second kappa shape index (κ2) is 6.28. The van der Waals surface area contributed by atoms with E-state index in [4.69, 9.17) is 0 Å². The van der Waals surface area contributed by atoms with Crippen molar-refractivity contribution in [3.05, 3.63) is 29.8 Å². The fraction of sp³-hybridized carbons (Fsp3) is 0.533. The molecule has 0 aliphatic carbocycles. The molecule has 1 saturated heterocycles. The Bertz CT molecular complexity index is 413. The van der Waals surface area contributed by atoms with Crippen molar-refractivity contribution in [3.63, 3.8) is 0 Å². The fourth-order valence-electron chi connectivity index (χ4n) is 2.42. The maximum Gasteiger partial charge on any atom is 0.230 e. The van der Waals surface area contributed by atoms with E-state index in [1.807, 2.05) is 28.8 Å². The summed E-state index contributed by atoms with van der Waals surface area (Å²) in [6.07, 6.45) is 2.22. The second-order valence-corrected chi connectivity index (χ2v) is 5.99. The van der Waals surface area contributed by atoms with Crippen molar-refractivity contribution in [2.75, 3.05) is 23.0 Å². The van der Waals surface area contributed by atoms with Crippen LogP contribution < -0.4 is 4.90 Å². The zero-order valence-electron chi connectivity index (χ0n) is 11.2. The molecule has 2 rings (SSSR count). The first-order valence-corrected chi connectivity index (χ1v) is 7.83. The third kappa shape index (κ3) is 3.08. The molecule has 0 N–H and O–H groups in total. The summed E-state index contributed by atoms with van der Waals surface area (Å²) in [4.78, 5) is 14.5. The van der Waals surface area contributed by atoms with E-state index in [0.29, 0.717) is 5.91 Å². The lowest BCUT2D eigenvalue weighted by Crippen LogP contribution is -2.38. The van der Waals surface area contributed by atoms with Crippen LogP contribution in [0.15, 0.2) is 24.3 Å². The molecule has 0 aromatic heterocycles. The van der Waals surface area contributed by atoms with Gasteiger partial charge in [0.1, 0.15) is 0 Å². The van der Waals surface area contributed by atoms with E-state index in [-0.39, 0.29) is 5.92 Å². The maximum absolute atomic E-state index is 12.6. The van der Waals surface area contributed by atoms with Gasteiger partial charge >= 0.3 is 0 Å². The molecule has 98 valence electrons. The molecule has 0 radical (unpaired) electrons. The zero-order chi connectivity index (χ0) is 13.0. The van der Waals surface area contributed by atoms with E-state index >= 15 is 0 Å². The average Bonchev–Trinajstić information content (AvgIpc) is 2.40. The predicted molar refractivity (Wildman–Crippen MR) is 79.3 cm³/mol. The van der Waals surface area contributed by atoms with Crippen LogP contribution in [-0.4, -0.2) is 24.0 Å². The van der Waals surface area contributed by atoms with Gasteiger partial charge in [0.05, 0.1) is 0 Å². The summed E-state index contributed by atoms with van der Waals surface area (Å²) >= 11 is 1.91. The van der Waals surface area contributed by atoms with Crippen LogP contribution in [0.5, 0.6) is 0 Å². The van der Waals surface area contributed by atoms with Crippen LogP contribution in [0, 0.1) is 12.8 Å². The van der Waals surface area contributed by atoms with Crippen molar-refractivity contribution in [3.8, 4) is 0 Å². The average molecular weight is 263 g/mol. The van der Waals surface area contributed by atoms with Crippen molar-refractivity contribution in [2.24, 2.45) is 5.92 Å². The first-order valence-electron chi connectivity index (χ1n) is 6.68. The Hall–Kier alpha value is -0.960. The molecule has 1 aliphatic heterocycles. The lowest BCUT2D eigenvalue weighted by molar-refractivity contribution is -0.121. The minimum absolute atomic E-state index is 0.212. The smallest absolute Gasteiger partial charge is 0.230 e. The van der Waals surface area contributed by atoms with E-state index < -0.39 is 0 Å². The first kappa shape index (κ1) is 13.5. The summed E-state index contributed by atoms with van der Waals surface area (Å²) in [6, 6.07) is 8.22. The molecule has 1 fully saturated rings. The van der Waals surface area contributed by atoms with Crippen LogP contribution in [-0.2, 0) is 4.79 Å². The van der Waals surface area contributed by atoms with E-state index in [1.165, 1.54) is 17.7 Å². The van der Waals surface area contributed by atoms with E-state index in [2.05, 4.69) is 26.0 Å². The number of nitrogens with zero attached hydrogens (tertiary/aromatic N) is 1. The molecular weight excluding hydrogens is 242 g/mol. The van der Waals surface area contributed by atoms with Gasteiger partial charge in [-0.05, 0) is 50.1 Å². The van der Waals surface area contributed by atoms with Crippen molar-refractivity contribution >= 4 is 23.4 Å². The summed E-state index contributed by atoms with van der Waals surface area (Å²) in [7, 11) is 0. The summed E-state index contributed by atoms with van der Waals surface area (Å²) in [6.45, 7) is 4.87. The number of amides is 1. The molecule has 1 amide bonds. The topological polar surface area (TPSA) is 20.3 Å². The van der Waals surface area contributed by atoms with Gasteiger partial charge in [-0.2, -0.15) is 11.8 Å². The molecule has 1 unspecified atom stereocenters. The number of hydrogen-bond acceptors (Lipinski definition) is 2. The van der Waals surface area contributed by atoms with Gasteiger partial charge in [-0.15, -0.1) is 0 Å². The Morgan fingerprint density at radius 2 is 2.33 bits per heavy atom. The van der Waals surface area contributed by atoms with Crippen molar-refractivity contribution in [1.82, 2.24) is 0 Å². The molecule has 1 aliphatic rings. The summed E-state index contributed by atoms with van der Waals surface area (Å²) in [5, 5.41) is 0. The van der Waals surface area contributed by atoms with Crippen LogP contribution >= 0.6 is 11.8 Å². The molecule has 1 atom stereocenters. The number of hydrogen-bond donors (Lipinski definition) is 0. The van der Waals surface area contributed by atoms with Gasteiger partial charge in [0, 0.05) is 23.9 Å². The largest absolute Gasteiger partial charge is 0.312 e. The molecular formula is C15H21NOS. The van der Waals surface area contributed by atoms with E-state index in [9.17, 15) is 4.79 Å². The van der Waals surface area contributed by atoms with Gasteiger partial charge in [0.2, 0.25) is 5.91 Å². The summed E-state index contributed by atoms with van der Waals surface area (Å²) in [5.74, 6) is 2.71.